The Morgan fingerprint density at radius 2 is 1.24 bits per heavy atom. The van der Waals surface area contributed by atoms with Crippen LogP contribution in [0.1, 0.15) is 82.3 Å². The standard InChI is InChI=1S/C25H33Br2NO3S2/c1-2-3-4-5-6-7-8-9-10-11-16-32-25(31)33-18-20-14-12-19(13-15-20)17-28-23(29)21(26)22(27)24(28)30/h12-15H,2-11,16-18H2,1H3. The van der Waals surface area contributed by atoms with Crippen LogP contribution in [0.5, 0.6) is 0 Å². The Balaban J connectivity index is 1.55. The number of rotatable bonds is 15. The zero-order valence-corrected chi connectivity index (χ0v) is 24.1. The molecule has 33 heavy (non-hydrogen) atoms. The molecule has 2 amide bonds. The Labute approximate surface area is 223 Å². The second-order valence-corrected chi connectivity index (χ2v) is 12.1. The molecule has 4 nitrogen and oxygen atoms in total. The normalized spacial score (nSPS) is 14.0. The lowest BCUT2D eigenvalue weighted by atomic mass is 10.1. The molecule has 1 heterocycles. The maximum Gasteiger partial charge on any atom is 0.269 e. The van der Waals surface area contributed by atoms with Crippen molar-refractivity contribution < 1.29 is 14.4 Å². The number of hydrogen-bond acceptors (Lipinski definition) is 5. The van der Waals surface area contributed by atoms with E-state index >= 15 is 0 Å². The summed E-state index contributed by atoms with van der Waals surface area (Å²) in [6.07, 6.45) is 13.1. The van der Waals surface area contributed by atoms with E-state index < -0.39 is 0 Å². The van der Waals surface area contributed by atoms with E-state index in [-0.39, 0.29) is 31.8 Å². The van der Waals surface area contributed by atoms with Crippen molar-refractivity contribution in [2.75, 3.05) is 5.75 Å². The van der Waals surface area contributed by atoms with Crippen LogP contribution >= 0.6 is 55.4 Å². The van der Waals surface area contributed by atoms with Crippen molar-refractivity contribution in [1.29, 1.82) is 0 Å². The van der Waals surface area contributed by atoms with Crippen LogP contribution in [0.2, 0.25) is 0 Å². The fourth-order valence-electron chi connectivity index (χ4n) is 3.51. The summed E-state index contributed by atoms with van der Waals surface area (Å²) < 4.78 is 0.688. The molecule has 0 radical (unpaired) electrons. The van der Waals surface area contributed by atoms with Gasteiger partial charge in [-0.3, -0.25) is 19.3 Å². The highest BCUT2D eigenvalue weighted by atomic mass is 79.9. The molecule has 2 rings (SSSR count). The summed E-state index contributed by atoms with van der Waals surface area (Å²) in [5.74, 6) is 0.857. The number of hydrogen-bond donors (Lipinski definition) is 0. The van der Waals surface area contributed by atoms with E-state index in [1.807, 2.05) is 24.3 Å². The van der Waals surface area contributed by atoms with Crippen molar-refractivity contribution in [1.82, 2.24) is 4.90 Å². The summed E-state index contributed by atoms with van der Waals surface area (Å²) in [6.45, 7) is 2.48. The fraction of sp³-hybridized carbons (Fsp3) is 0.560. The number of carbonyl (C=O) groups is 3. The van der Waals surface area contributed by atoms with Crippen LogP contribution in [0, 0.1) is 0 Å². The average Bonchev–Trinajstić information content (AvgIpc) is 3.00. The summed E-state index contributed by atoms with van der Waals surface area (Å²) in [5, 5.41) is 0. The van der Waals surface area contributed by atoms with Gasteiger partial charge in [-0.05, 0) is 49.4 Å². The first kappa shape index (κ1) is 28.7. The summed E-state index contributed by atoms with van der Waals surface area (Å²) >= 11 is 9.04. The van der Waals surface area contributed by atoms with Crippen molar-refractivity contribution in [3.8, 4) is 0 Å². The molecule has 182 valence electrons. The smallest absolute Gasteiger partial charge is 0.269 e. The van der Waals surface area contributed by atoms with Gasteiger partial charge in [0.2, 0.25) is 4.45 Å². The highest BCUT2D eigenvalue weighted by Crippen LogP contribution is 2.30. The Morgan fingerprint density at radius 3 is 1.79 bits per heavy atom. The van der Waals surface area contributed by atoms with Gasteiger partial charge in [0.1, 0.15) is 8.96 Å². The minimum absolute atomic E-state index is 0.170. The number of benzene rings is 1. The lowest BCUT2D eigenvalue weighted by Gasteiger charge is -2.14. The quantitative estimate of drug-likeness (QED) is 0.146. The van der Waals surface area contributed by atoms with Gasteiger partial charge >= 0.3 is 0 Å². The van der Waals surface area contributed by atoms with Crippen molar-refractivity contribution in [2.45, 2.75) is 83.4 Å². The molecule has 0 saturated heterocycles. The monoisotopic (exact) mass is 617 g/mol. The van der Waals surface area contributed by atoms with Crippen molar-refractivity contribution in [2.24, 2.45) is 0 Å². The molecule has 8 heteroatoms. The van der Waals surface area contributed by atoms with E-state index in [0.717, 1.165) is 23.3 Å². The predicted molar refractivity (Wildman–Crippen MR) is 148 cm³/mol. The van der Waals surface area contributed by atoms with Gasteiger partial charge in [0.15, 0.2) is 0 Å². The highest BCUT2D eigenvalue weighted by molar-refractivity contribution is 9.14. The Bertz CT molecular complexity index is 803. The van der Waals surface area contributed by atoms with Gasteiger partial charge < -0.3 is 0 Å². The molecule has 0 aromatic heterocycles. The lowest BCUT2D eigenvalue weighted by molar-refractivity contribution is -0.137. The molecule has 1 aromatic rings. The van der Waals surface area contributed by atoms with Crippen molar-refractivity contribution >= 4 is 71.6 Å². The van der Waals surface area contributed by atoms with E-state index in [4.69, 9.17) is 0 Å². The van der Waals surface area contributed by atoms with Crippen LogP contribution in [0.25, 0.3) is 0 Å². The van der Waals surface area contributed by atoms with Gasteiger partial charge in [-0.25, -0.2) is 0 Å². The third-order valence-corrected chi connectivity index (χ3v) is 9.65. The first-order chi connectivity index (χ1) is 15.9. The van der Waals surface area contributed by atoms with Crippen LogP contribution in [0.4, 0.5) is 4.79 Å². The topological polar surface area (TPSA) is 54.5 Å². The van der Waals surface area contributed by atoms with E-state index in [1.54, 1.807) is 0 Å². The van der Waals surface area contributed by atoms with E-state index in [1.165, 1.54) is 86.2 Å². The molecule has 1 aliphatic heterocycles. The van der Waals surface area contributed by atoms with Crippen LogP contribution < -0.4 is 0 Å². The molecule has 0 saturated carbocycles. The van der Waals surface area contributed by atoms with Crippen LogP contribution in [-0.2, 0) is 21.9 Å². The number of thioether (sulfide) groups is 2. The molecule has 0 N–H and O–H groups in total. The SMILES string of the molecule is CCCCCCCCCCCCSC(=O)SCc1ccc(CN2C(=O)C(Br)=C(Br)C2=O)cc1. The minimum atomic E-state index is -0.337. The molecule has 0 spiro atoms. The third-order valence-electron chi connectivity index (χ3n) is 5.50. The number of halogens is 2. The number of carbonyl (C=O) groups excluding carboxylic acids is 3. The Kier molecular flexibility index (Phi) is 14.0. The zero-order chi connectivity index (χ0) is 24.1. The van der Waals surface area contributed by atoms with Crippen molar-refractivity contribution in [3.05, 3.63) is 44.4 Å². The van der Waals surface area contributed by atoms with E-state index in [2.05, 4.69) is 38.8 Å². The fourth-order valence-corrected chi connectivity index (χ4v) is 6.03. The second kappa shape index (κ2) is 16.2. The highest BCUT2D eigenvalue weighted by Gasteiger charge is 2.35. The molecular formula is C25H33Br2NO3S2. The average molecular weight is 619 g/mol. The minimum Gasteiger partial charge on any atom is -0.274 e. The molecule has 0 bridgehead atoms. The molecule has 0 aliphatic carbocycles. The third kappa shape index (κ3) is 10.3. The van der Waals surface area contributed by atoms with Gasteiger partial charge in [0, 0.05) is 11.5 Å². The first-order valence-corrected chi connectivity index (χ1v) is 15.3. The molecule has 0 unspecified atom stereocenters. The van der Waals surface area contributed by atoms with Gasteiger partial charge in [-0.1, -0.05) is 113 Å². The van der Waals surface area contributed by atoms with Gasteiger partial charge in [0.05, 0.1) is 6.54 Å². The summed E-state index contributed by atoms with van der Waals surface area (Å²) in [4.78, 5) is 37.6. The van der Waals surface area contributed by atoms with Gasteiger partial charge in [-0.2, -0.15) is 0 Å². The Hall–Kier alpha value is -0.570. The second-order valence-electron chi connectivity index (χ2n) is 8.21. The summed E-state index contributed by atoms with van der Waals surface area (Å²) in [7, 11) is 0. The van der Waals surface area contributed by atoms with Gasteiger partial charge in [0.25, 0.3) is 11.8 Å². The molecular weight excluding hydrogens is 586 g/mol. The predicted octanol–water partition coefficient (Wildman–Crippen LogP) is 8.56. The first-order valence-electron chi connectivity index (χ1n) is 11.7. The maximum absolute atomic E-state index is 12.1. The lowest BCUT2D eigenvalue weighted by Crippen LogP contribution is -2.30. The van der Waals surface area contributed by atoms with Crippen LogP contribution in [0.3, 0.4) is 0 Å². The van der Waals surface area contributed by atoms with Crippen molar-refractivity contribution in [3.63, 3.8) is 0 Å². The van der Waals surface area contributed by atoms with Gasteiger partial charge in [-0.15, -0.1) is 0 Å². The van der Waals surface area contributed by atoms with E-state index in [9.17, 15) is 14.4 Å². The Morgan fingerprint density at radius 1 is 0.758 bits per heavy atom. The van der Waals surface area contributed by atoms with E-state index in [0.29, 0.717) is 5.75 Å². The zero-order valence-electron chi connectivity index (χ0n) is 19.2. The number of unbranched alkanes of at least 4 members (excludes halogenated alkanes) is 9. The molecule has 1 aliphatic rings. The largest absolute Gasteiger partial charge is 0.274 e. The number of imide groups is 1. The number of nitrogens with zero attached hydrogens (tertiary/aromatic N) is 1. The molecule has 0 fully saturated rings. The molecule has 0 atom stereocenters. The summed E-state index contributed by atoms with van der Waals surface area (Å²) in [6, 6.07) is 7.70. The summed E-state index contributed by atoms with van der Waals surface area (Å²) in [5.41, 5.74) is 1.92. The number of amides is 2. The van der Waals surface area contributed by atoms with Crippen LogP contribution in [-0.4, -0.2) is 26.9 Å². The maximum atomic E-state index is 12.1. The molecule has 1 aromatic carbocycles. The van der Waals surface area contributed by atoms with Crippen LogP contribution in [0.15, 0.2) is 33.2 Å².